The van der Waals surface area contributed by atoms with Crippen LogP contribution >= 0.6 is 0 Å². The number of alkyl halides is 3. The Balaban J connectivity index is 3.02. The molecule has 0 aliphatic heterocycles. The lowest BCUT2D eigenvalue weighted by Crippen LogP contribution is -2.09. The van der Waals surface area contributed by atoms with E-state index in [0.29, 0.717) is 0 Å². The van der Waals surface area contributed by atoms with Gasteiger partial charge in [0.1, 0.15) is 11.5 Å². The number of hydrogen-bond donors (Lipinski definition) is 0. The van der Waals surface area contributed by atoms with E-state index in [1.54, 1.807) is 6.92 Å². The molecular formula is C7H6F3N2. The van der Waals surface area contributed by atoms with Crippen molar-refractivity contribution >= 4 is 0 Å². The minimum absolute atomic E-state index is 0.0878. The molecule has 0 spiro atoms. The third kappa shape index (κ3) is 1.93. The second kappa shape index (κ2) is 3.08. The molecule has 0 aromatic carbocycles. The molecule has 0 atom stereocenters. The van der Waals surface area contributed by atoms with E-state index in [4.69, 9.17) is 0 Å². The predicted molar refractivity (Wildman–Crippen MR) is 36.1 cm³/mol. The molecule has 0 aliphatic carbocycles. The molecule has 12 heavy (non-hydrogen) atoms. The van der Waals surface area contributed by atoms with Gasteiger partial charge >= 0.3 is 6.18 Å². The first-order valence-corrected chi connectivity index (χ1v) is 3.23. The van der Waals surface area contributed by atoms with Crippen LogP contribution in [-0.2, 0) is 6.18 Å². The average molecular weight is 175 g/mol. The SMILES string of the molecule is C[CH]c1nccc(C(F)(F)F)n1. The van der Waals surface area contributed by atoms with E-state index in [9.17, 15) is 13.2 Å². The van der Waals surface area contributed by atoms with Crippen LogP contribution in [-0.4, -0.2) is 9.97 Å². The quantitative estimate of drug-likeness (QED) is 0.652. The number of aromatic nitrogens is 2. The van der Waals surface area contributed by atoms with Gasteiger partial charge in [0.15, 0.2) is 0 Å². The zero-order valence-corrected chi connectivity index (χ0v) is 6.26. The summed E-state index contributed by atoms with van der Waals surface area (Å²) in [7, 11) is 0. The lowest BCUT2D eigenvalue weighted by atomic mass is 10.3. The second-order valence-corrected chi connectivity index (χ2v) is 2.09. The highest BCUT2D eigenvalue weighted by Crippen LogP contribution is 2.26. The Morgan fingerprint density at radius 2 is 2.08 bits per heavy atom. The molecule has 0 N–H and O–H groups in total. The van der Waals surface area contributed by atoms with Crippen LogP contribution in [0.3, 0.4) is 0 Å². The molecule has 1 aromatic heterocycles. The summed E-state index contributed by atoms with van der Waals surface area (Å²) in [4.78, 5) is 6.88. The predicted octanol–water partition coefficient (Wildman–Crippen LogP) is 2.07. The number of nitrogens with zero attached hydrogens (tertiary/aromatic N) is 2. The van der Waals surface area contributed by atoms with Crippen molar-refractivity contribution in [1.29, 1.82) is 0 Å². The van der Waals surface area contributed by atoms with Crippen molar-refractivity contribution in [2.75, 3.05) is 0 Å². The fourth-order valence-corrected chi connectivity index (χ4v) is 0.671. The van der Waals surface area contributed by atoms with Gasteiger partial charge in [-0.05, 0) is 6.07 Å². The van der Waals surface area contributed by atoms with Gasteiger partial charge in [0.25, 0.3) is 0 Å². The van der Waals surface area contributed by atoms with Crippen LogP contribution in [0, 0.1) is 6.42 Å². The Morgan fingerprint density at radius 1 is 1.42 bits per heavy atom. The molecule has 1 rings (SSSR count). The minimum Gasteiger partial charge on any atom is -0.241 e. The highest BCUT2D eigenvalue weighted by molar-refractivity contribution is 5.09. The standard InChI is InChI=1S/C7H6F3N2/c1-2-6-11-4-3-5(12-6)7(8,9)10/h2-4H,1H3. The summed E-state index contributed by atoms with van der Waals surface area (Å²) in [6.45, 7) is 1.58. The molecule has 1 aromatic rings. The van der Waals surface area contributed by atoms with Gasteiger partial charge in [0.05, 0.1) is 0 Å². The van der Waals surface area contributed by atoms with Crippen molar-refractivity contribution in [2.24, 2.45) is 0 Å². The van der Waals surface area contributed by atoms with Crippen molar-refractivity contribution in [3.8, 4) is 0 Å². The van der Waals surface area contributed by atoms with Gasteiger partial charge in [-0.1, -0.05) is 6.92 Å². The van der Waals surface area contributed by atoms with Crippen LogP contribution in [0.5, 0.6) is 0 Å². The molecule has 1 radical (unpaired) electrons. The highest BCUT2D eigenvalue weighted by Gasteiger charge is 2.32. The van der Waals surface area contributed by atoms with Gasteiger partial charge in [-0.2, -0.15) is 13.2 Å². The van der Waals surface area contributed by atoms with Crippen LogP contribution in [0.2, 0.25) is 0 Å². The molecule has 0 fully saturated rings. The number of hydrogen-bond acceptors (Lipinski definition) is 2. The zero-order chi connectivity index (χ0) is 9.19. The van der Waals surface area contributed by atoms with E-state index in [2.05, 4.69) is 9.97 Å². The summed E-state index contributed by atoms with van der Waals surface area (Å²) in [6.07, 6.45) is -1.89. The Hall–Kier alpha value is -1.13. The van der Waals surface area contributed by atoms with Crippen molar-refractivity contribution in [3.05, 3.63) is 30.2 Å². The van der Waals surface area contributed by atoms with E-state index in [-0.39, 0.29) is 5.82 Å². The van der Waals surface area contributed by atoms with Crippen LogP contribution in [0.4, 0.5) is 13.2 Å². The van der Waals surface area contributed by atoms with Crippen molar-refractivity contribution in [3.63, 3.8) is 0 Å². The van der Waals surface area contributed by atoms with Gasteiger partial charge in [-0.15, -0.1) is 0 Å². The maximum atomic E-state index is 12.0. The minimum atomic E-state index is -4.39. The molecule has 0 amide bonds. The van der Waals surface area contributed by atoms with Crippen LogP contribution in [0.15, 0.2) is 12.3 Å². The lowest BCUT2D eigenvalue weighted by Gasteiger charge is -2.05. The molecule has 0 unspecified atom stereocenters. The Kier molecular flexibility index (Phi) is 2.30. The smallest absolute Gasteiger partial charge is 0.241 e. The fourth-order valence-electron chi connectivity index (χ4n) is 0.671. The van der Waals surface area contributed by atoms with Crippen LogP contribution in [0.25, 0.3) is 0 Å². The zero-order valence-electron chi connectivity index (χ0n) is 6.26. The molecule has 65 valence electrons. The first-order chi connectivity index (χ1) is 5.54. The van der Waals surface area contributed by atoms with E-state index >= 15 is 0 Å². The van der Waals surface area contributed by atoms with Gasteiger partial charge in [-0.3, -0.25) is 0 Å². The average Bonchev–Trinajstić information content (AvgIpc) is 2.03. The van der Waals surface area contributed by atoms with Crippen molar-refractivity contribution < 1.29 is 13.2 Å². The van der Waals surface area contributed by atoms with E-state index < -0.39 is 11.9 Å². The second-order valence-electron chi connectivity index (χ2n) is 2.09. The summed E-state index contributed by atoms with van der Waals surface area (Å²) >= 11 is 0. The maximum Gasteiger partial charge on any atom is 0.433 e. The van der Waals surface area contributed by atoms with E-state index in [1.807, 2.05) is 0 Å². The summed E-state index contributed by atoms with van der Waals surface area (Å²) in [5, 5.41) is 0. The molecule has 0 saturated carbocycles. The van der Waals surface area contributed by atoms with Crippen molar-refractivity contribution in [1.82, 2.24) is 9.97 Å². The summed E-state index contributed by atoms with van der Waals surface area (Å²) in [5.74, 6) is 0.0878. The Labute approximate surface area is 67.5 Å². The Bertz CT molecular complexity index is 270. The van der Waals surface area contributed by atoms with E-state index in [1.165, 1.54) is 6.42 Å². The molecule has 5 heteroatoms. The summed E-state index contributed by atoms with van der Waals surface area (Å²) < 4.78 is 36.0. The first-order valence-electron chi connectivity index (χ1n) is 3.23. The van der Waals surface area contributed by atoms with Crippen LogP contribution < -0.4 is 0 Å². The monoisotopic (exact) mass is 175 g/mol. The topological polar surface area (TPSA) is 25.8 Å². The third-order valence-corrected chi connectivity index (χ3v) is 1.22. The molecule has 2 nitrogen and oxygen atoms in total. The summed E-state index contributed by atoms with van der Waals surface area (Å²) in [6, 6.07) is 0.840. The Morgan fingerprint density at radius 3 is 2.58 bits per heavy atom. The van der Waals surface area contributed by atoms with Crippen molar-refractivity contribution in [2.45, 2.75) is 13.1 Å². The molecule has 0 bridgehead atoms. The molecule has 0 aliphatic rings. The fraction of sp³-hybridized carbons (Fsp3) is 0.286. The van der Waals surface area contributed by atoms with Gasteiger partial charge < -0.3 is 0 Å². The lowest BCUT2D eigenvalue weighted by molar-refractivity contribution is -0.141. The third-order valence-electron chi connectivity index (χ3n) is 1.22. The van der Waals surface area contributed by atoms with Crippen LogP contribution in [0.1, 0.15) is 18.4 Å². The van der Waals surface area contributed by atoms with Gasteiger partial charge in [0.2, 0.25) is 0 Å². The first kappa shape index (κ1) is 8.96. The van der Waals surface area contributed by atoms with Gasteiger partial charge in [-0.25, -0.2) is 9.97 Å². The number of halogens is 3. The molecular weight excluding hydrogens is 169 g/mol. The maximum absolute atomic E-state index is 12.0. The molecule has 1 heterocycles. The van der Waals surface area contributed by atoms with E-state index in [0.717, 1.165) is 12.3 Å². The summed E-state index contributed by atoms with van der Waals surface area (Å²) in [5.41, 5.74) is -0.911. The largest absolute Gasteiger partial charge is 0.433 e. The normalized spacial score (nSPS) is 11.7. The molecule has 0 saturated heterocycles. The highest BCUT2D eigenvalue weighted by atomic mass is 19.4. The number of rotatable bonds is 1. The van der Waals surface area contributed by atoms with Gasteiger partial charge in [0, 0.05) is 12.6 Å².